The number of amides is 1. The van der Waals surface area contributed by atoms with Gasteiger partial charge in [-0.2, -0.15) is 0 Å². The van der Waals surface area contributed by atoms with Crippen molar-refractivity contribution in [1.82, 2.24) is 15.3 Å². The fraction of sp³-hybridized carbons (Fsp3) is 0.263. The molecule has 0 spiro atoms. The van der Waals surface area contributed by atoms with Crippen molar-refractivity contribution in [1.29, 1.82) is 0 Å². The molecule has 4 heteroatoms. The van der Waals surface area contributed by atoms with Gasteiger partial charge in [0.25, 0.3) is 5.91 Å². The molecular weight excluding hydrogens is 286 g/mol. The number of nitrogens with zero attached hydrogens (tertiary/aromatic N) is 1. The van der Waals surface area contributed by atoms with Crippen LogP contribution in [0.1, 0.15) is 30.6 Å². The molecule has 1 aromatic heterocycles. The number of rotatable bonds is 5. The van der Waals surface area contributed by atoms with Crippen LogP contribution in [0.3, 0.4) is 0 Å². The Morgan fingerprint density at radius 1 is 1.13 bits per heavy atom. The summed E-state index contributed by atoms with van der Waals surface area (Å²) in [6.45, 7) is 5.00. The molecule has 2 aromatic carbocycles. The van der Waals surface area contributed by atoms with E-state index in [1.54, 1.807) is 0 Å². The van der Waals surface area contributed by atoms with Crippen LogP contribution in [-0.4, -0.2) is 22.4 Å². The van der Waals surface area contributed by atoms with E-state index in [1.165, 1.54) is 0 Å². The molecule has 1 heterocycles. The van der Waals surface area contributed by atoms with Crippen molar-refractivity contribution in [2.75, 3.05) is 6.54 Å². The molecule has 0 unspecified atom stereocenters. The van der Waals surface area contributed by atoms with E-state index in [1.807, 2.05) is 48.5 Å². The molecule has 0 aliphatic carbocycles. The smallest absolute Gasteiger partial charge is 0.251 e. The number of hydrogen-bond donors (Lipinski definition) is 2. The average Bonchev–Trinajstić information content (AvgIpc) is 2.98. The van der Waals surface area contributed by atoms with Crippen LogP contribution in [0.4, 0.5) is 0 Å². The van der Waals surface area contributed by atoms with Crippen LogP contribution < -0.4 is 5.32 Å². The third kappa shape index (κ3) is 3.59. The second kappa shape index (κ2) is 6.65. The van der Waals surface area contributed by atoms with Crippen molar-refractivity contribution in [2.24, 2.45) is 5.92 Å². The van der Waals surface area contributed by atoms with E-state index in [9.17, 15) is 4.79 Å². The van der Waals surface area contributed by atoms with E-state index >= 15 is 0 Å². The summed E-state index contributed by atoms with van der Waals surface area (Å²) >= 11 is 0. The first-order valence-electron chi connectivity index (χ1n) is 7.97. The van der Waals surface area contributed by atoms with Gasteiger partial charge in [-0.3, -0.25) is 4.79 Å². The van der Waals surface area contributed by atoms with E-state index in [-0.39, 0.29) is 5.91 Å². The maximum absolute atomic E-state index is 12.1. The molecule has 23 heavy (non-hydrogen) atoms. The van der Waals surface area contributed by atoms with Gasteiger partial charge in [0.1, 0.15) is 5.82 Å². The molecule has 0 radical (unpaired) electrons. The molecule has 0 saturated heterocycles. The van der Waals surface area contributed by atoms with Crippen molar-refractivity contribution in [3.63, 3.8) is 0 Å². The number of benzene rings is 2. The summed E-state index contributed by atoms with van der Waals surface area (Å²) in [6, 6.07) is 15.5. The Kier molecular flexibility index (Phi) is 4.42. The van der Waals surface area contributed by atoms with Crippen molar-refractivity contribution in [2.45, 2.75) is 20.3 Å². The van der Waals surface area contributed by atoms with Crippen molar-refractivity contribution in [3.8, 4) is 11.4 Å². The highest BCUT2D eigenvalue weighted by Crippen LogP contribution is 2.20. The van der Waals surface area contributed by atoms with Gasteiger partial charge < -0.3 is 10.3 Å². The second-order valence-electron chi connectivity index (χ2n) is 6.12. The first-order chi connectivity index (χ1) is 11.1. The Morgan fingerprint density at radius 3 is 2.57 bits per heavy atom. The molecule has 0 saturated carbocycles. The van der Waals surface area contributed by atoms with Crippen molar-refractivity contribution in [3.05, 3.63) is 54.1 Å². The number of aromatic amines is 1. The number of carbonyl (C=O) groups is 1. The summed E-state index contributed by atoms with van der Waals surface area (Å²) in [5, 5.41) is 2.95. The lowest BCUT2D eigenvalue weighted by molar-refractivity contribution is 0.0952. The molecule has 0 atom stereocenters. The predicted octanol–water partition coefficient (Wildman–Crippen LogP) is 4.01. The van der Waals surface area contributed by atoms with E-state index in [0.29, 0.717) is 18.0 Å². The van der Waals surface area contributed by atoms with Crippen LogP contribution in [0.25, 0.3) is 22.4 Å². The predicted molar refractivity (Wildman–Crippen MR) is 93.3 cm³/mol. The van der Waals surface area contributed by atoms with Crippen LogP contribution >= 0.6 is 0 Å². The molecule has 0 fully saturated rings. The summed E-state index contributed by atoms with van der Waals surface area (Å²) in [6.07, 6.45) is 0.989. The van der Waals surface area contributed by atoms with E-state index in [0.717, 1.165) is 28.8 Å². The first kappa shape index (κ1) is 15.3. The standard InChI is InChI=1S/C19H21N3O/c1-13(2)11-12-20-19(23)15-9-7-14(8-10-15)18-21-16-5-3-4-6-17(16)22-18/h3-10,13H,11-12H2,1-2H3,(H,20,23)(H,21,22). The summed E-state index contributed by atoms with van der Waals surface area (Å²) in [7, 11) is 0. The Labute approximate surface area is 136 Å². The van der Waals surface area contributed by atoms with Gasteiger partial charge in [0.05, 0.1) is 11.0 Å². The molecule has 2 N–H and O–H groups in total. The molecule has 0 aliphatic heterocycles. The number of H-pyrrole nitrogens is 1. The van der Waals surface area contributed by atoms with Crippen LogP contribution in [0.5, 0.6) is 0 Å². The number of para-hydroxylation sites is 2. The van der Waals surface area contributed by atoms with Crippen LogP contribution in [0.2, 0.25) is 0 Å². The minimum atomic E-state index is -0.0261. The van der Waals surface area contributed by atoms with Gasteiger partial charge >= 0.3 is 0 Å². The van der Waals surface area contributed by atoms with Crippen LogP contribution in [-0.2, 0) is 0 Å². The summed E-state index contributed by atoms with van der Waals surface area (Å²) in [4.78, 5) is 19.9. The third-order valence-corrected chi connectivity index (χ3v) is 3.82. The highest BCUT2D eigenvalue weighted by Gasteiger charge is 2.08. The monoisotopic (exact) mass is 307 g/mol. The van der Waals surface area contributed by atoms with Gasteiger partial charge in [0.2, 0.25) is 0 Å². The van der Waals surface area contributed by atoms with Crippen molar-refractivity contribution < 1.29 is 4.79 Å². The number of nitrogens with one attached hydrogen (secondary N) is 2. The zero-order chi connectivity index (χ0) is 16.2. The molecule has 118 valence electrons. The Hall–Kier alpha value is -2.62. The molecule has 0 bridgehead atoms. The minimum absolute atomic E-state index is 0.0261. The summed E-state index contributed by atoms with van der Waals surface area (Å²) < 4.78 is 0. The zero-order valence-electron chi connectivity index (χ0n) is 13.5. The highest BCUT2D eigenvalue weighted by atomic mass is 16.1. The lowest BCUT2D eigenvalue weighted by Crippen LogP contribution is -2.25. The number of aromatic nitrogens is 2. The lowest BCUT2D eigenvalue weighted by atomic mass is 10.1. The fourth-order valence-corrected chi connectivity index (χ4v) is 2.45. The molecule has 3 rings (SSSR count). The Balaban J connectivity index is 1.72. The largest absolute Gasteiger partial charge is 0.352 e. The summed E-state index contributed by atoms with van der Waals surface area (Å²) in [5.74, 6) is 1.38. The maximum Gasteiger partial charge on any atom is 0.251 e. The van der Waals surface area contributed by atoms with E-state index < -0.39 is 0 Å². The number of fused-ring (bicyclic) bond motifs is 1. The SMILES string of the molecule is CC(C)CCNC(=O)c1ccc(-c2nc3ccccc3[nH]2)cc1. The second-order valence-corrected chi connectivity index (χ2v) is 6.12. The minimum Gasteiger partial charge on any atom is -0.352 e. The van der Waals surface area contributed by atoms with Crippen LogP contribution in [0, 0.1) is 5.92 Å². The maximum atomic E-state index is 12.1. The molecule has 3 aromatic rings. The van der Waals surface area contributed by atoms with Gasteiger partial charge in [-0.25, -0.2) is 4.98 Å². The molecular formula is C19H21N3O. The molecule has 4 nitrogen and oxygen atoms in total. The van der Waals surface area contributed by atoms with Gasteiger partial charge in [-0.05, 0) is 36.6 Å². The topological polar surface area (TPSA) is 57.8 Å². The average molecular weight is 307 g/mol. The van der Waals surface area contributed by atoms with E-state index in [2.05, 4.69) is 29.1 Å². The lowest BCUT2D eigenvalue weighted by Gasteiger charge is -2.07. The number of imidazole rings is 1. The Morgan fingerprint density at radius 2 is 1.87 bits per heavy atom. The van der Waals surface area contributed by atoms with Gasteiger partial charge in [-0.1, -0.05) is 38.1 Å². The van der Waals surface area contributed by atoms with Gasteiger partial charge in [0.15, 0.2) is 0 Å². The van der Waals surface area contributed by atoms with Crippen LogP contribution in [0.15, 0.2) is 48.5 Å². The normalized spacial score (nSPS) is 11.1. The van der Waals surface area contributed by atoms with Gasteiger partial charge in [0, 0.05) is 17.7 Å². The Bertz CT molecular complexity index is 770. The van der Waals surface area contributed by atoms with Crippen molar-refractivity contribution >= 4 is 16.9 Å². The van der Waals surface area contributed by atoms with Gasteiger partial charge in [-0.15, -0.1) is 0 Å². The summed E-state index contributed by atoms with van der Waals surface area (Å²) in [5.41, 5.74) is 3.60. The number of carbonyl (C=O) groups excluding carboxylic acids is 1. The van der Waals surface area contributed by atoms with E-state index in [4.69, 9.17) is 0 Å². The quantitative estimate of drug-likeness (QED) is 0.748. The third-order valence-electron chi connectivity index (χ3n) is 3.82. The number of hydrogen-bond acceptors (Lipinski definition) is 2. The zero-order valence-corrected chi connectivity index (χ0v) is 13.5. The molecule has 0 aliphatic rings. The molecule has 1 amide bonds. The first-order valence-corrected chi connectivity index (χ1v) is 7.97. The fourth-order valence-electron chi connectivity index (χ4n) is 2.45. The highest BCUT2D eigenvalue weighted by molar-refractivity contribution is 5.94.